The molecule has 0 fully saturated rings. The van der Waals surface area contributed by atoms with Crippen molar-refractivity contribution in [2.75, 3.05) is 7.11 Å². The maximum Gasteiger partial charge on any atom is 0.274 e. The smallest absolute Gasteiger partial charge is 0.274 e. The SMILES string of the molecule is COCc1cc(C(=O)NC(c2ccccc2)c2nccs2)no1. The van der Waals surface area contributed by atoms with Gasteiger partial charge in [-0.05, 0) is 5.56 Å². The third kappa shape index (κ3) is 3.64. The molecule has 2 aromatic heterocycles. The van der Waals surface area contributed by atoms with Gasteiger partial charge in [0.2, 0.25) is 0 Å². The lowest BCUT2D eigenvalue weighted by Gasteiger charge is -2.16. The van der Waals surface area contributed by atoms with Crippen molar-refractivity contribution in [1.82, 2.24) is 15.5 Å². The zero-order valence-corrected chi connectivity index (χ0v) is 13.2. The molecule has 1 unspecified atom stereocenters. The van der Waals surface area contributed by atoms with E-state index in [-0.39, 0.29) is 24.2 Å². The number of thiazole rings is 1. The Bertz CT molecular complexity index is 756. The van der Waals surface area contributed by atoms with Crippen LogP contribution in [0.3, 0.4) is 0 Å². The van der Waals surface area contributed by atoms with E-state index >= 15 is 0 Å². The summed E-state index contributed by atoms with van der Waals surface area (Å²) in [5, 5.41) is 9.42. The summed E-state index contributed by atoms with van der Waals surface area (Å²) < 4.78 is 10.0. The molecule has 6 nitrogen and oxygen atoms in total. The standard InChI is InChI=1S/C16H15N3O3S/c1-21-10-12-9-13(19-22-12)15(20)18-14(16-17-7-8-23-16)11-5-3-2-4-6-11/h2-9,14H,10H2,1H3,(H,18,20). The van der Waals surface area contributed by atoms with Crippen molar-refractivity contribution in [1.29, 1.82) is 0 Å². The lowest BCUT2D eigenvalue weighted by atomic mass is 10.1. The van der Waals surface area contributed by atoms with Crippen molar-refractivity contribution in [3.63, 3.8) is 0 Å². The van der Waals surface area contributed by atoms with E-state index in [2.05, 4.69) is 15.5 Å². The number of nitrogens with zero attached hydrogens (tertiary/aromatic N) is 2. The number of rotatable bonds is 6. The molecule has 0 aliphatic rings. The Kier molecular flexibility index (Phi) is 4.80. The molecule has 1 atom stereocenters. The molecule has 23 heavy (non-hydrogen) atoms. The molecular formula is C16H15N3O3S. The van der Waals surface area contributed by atoms with Crippen LogP contribution in [0.1, 0.15) is 32.9 Å². The first kappa shape index (κ1) is 15.4. The van der Waals surface area contributed by atoms with E-state index in [0.717, 1.165) is 10.6 Å². The summed E-state index contributed by atoms with van der Waals surface area (Å²) in [7, 11) is 1.55. The van der Waals surface area contributed by atoms with Gasteiger partial charge < -0.3 is 14.6 Å². The Labute approximate surface area is 137 Å². The first-order valence-corrected chi connectivity index (χ1v) is 7.85. The van der Waals surface area contributed by atoms with Gasteiger partial charge in [0.1, 0.15) is 17.7 Å². The molecule has 0 radical (unpaired) electrons. The molecular weight excluding hydrogens is 314 g/mol. The van der Waals surface area contributed by atoms with E-state index in [0.29, 0.717) is 5.76 Å². The number of benzene rings is 1. The van der Waals surface area contributed by atoms with Crippen LogP contribution in [0.2, 0.25) is 0 Å². The molecule has 0 saturated heterocycles. The third-order valence-electron chi connectivity index (χ3n) is 3.18. The average molecular weight is 329 g/mol. The van der Waals surface area contributed by atoms with Crippen LogP contribution in [0.25, 0.3) is 0 Å². The van der Waals surface area contributed by atoms with Gasteiger partial charge in [-0.25, -0.2) is 4.98 Å². The number of carbonyl (C=O) groups is 1. The monoisotopic (exact) mass is 329 g/mol. The largest absolute Gasteiger partial charge is 0.377 e. The fourth-order valence-corrected chi connectivity index (χ4v) is 2.86. The Morgan fingerprint density at radius 3 is 2.91 bits per heavy atom. The maximum absolute atomic E-state index is 12.4. The van der Waals surface area contributed by atoms with E-state index in [9.17, 15) is 4.79 Å². The number of amides is 1. The van der Waals surface area contributed by atoms with Crippen LogP contribution in [-0.4, -0.2) is 23.2 Å². The van der Waals surface area contributed by atoms with Crippen molar-refractivity contribution < 1.29 is 14.1 Å². The summed E-state index contributed by atoms with van der Waals surface area (Å²) in [6, 6.07) is 10.9. The molecule has 0 aliphatic carbocycles. The van der Waals surface area contributed by atoms with E-state index < -0.39 is 0 Å². The van der Waals surface area contributed by atoms with Gasteiger partial charge in [0, 0.05) is 24.8 Å². The van der Waals surface area contributed by atoms with Crippen molar-refractivity contribution in [3.8, 4) is 0 Å². The summed E-state index contributed by atoms with van der Waals surface area (Å²) in [5.41, 5.74) is 1.17. The van der Waals surface area contributed by atoms with Gasteiger partial charge in [-0.3, -0.25) is 4.79 Å². The maximum atomic E-state index is 12.4. The second kappa shape index (κ2) is 7.17. The molecule has 0 aliphatic heterocycles. The highest BCUT2D eigenvalue weighted by Crippen LogP contribution is 2.24. The van der Waals surface area contributed by atoms with E-state index in [1.54, 1.807) is 19.4 Å². The van der Waals surface area contributed by atoms with Gasteiger partial charge in [0.05, 0.1) is 0 Å². The predicted molar refractivity (Wildman–Crippen MR) is 85.1 cm³/mol. The summed E-state index contributed by atoms with van der Waals surface area (Å²) in [6.07, 6.45) is 1.72. The normalized spacial score (nSPS) is 12.0. The quantitative estimate of drug-likeness (QED) is 0.752. The first-order chi connectivity index (χ1) is 11.3. The lowest BCUT2D eigenvalue weighted by molar-refractivity contribution is 0.0933. The Hall–Kier alpha value is -2.51. The van der Waals surface area contributed by atoms with Gasteiger partial charge in [0.25, 0.3) is 5.91 Å². The predicted octanol–water partition coefficient (Wildman–Crippen LogP) is 2.80. The zero-order valence-electron chi connectivity index (χ0n) is 12.4. The number of hydrogen-bond acceptors (Lipinski definition) is 6. The fraction of sp³-hybridized carbons (Fsp3) is 0.188. The number of methoxy groups -OCH3 is 1. The van der Waals surface area contributed by atoms with E-state index in [4.69, 9.17) is 9.26 Å². The third-order valence-corrected chi connectivity index (χ3v) is 4.03. The number of nitrogens with one attached hydrogen (secondary N) is 1. The summed E-state index contributed by atoms with van der Waals surface area (Å²) in [5.74, 6) is 0.184. The Balaban J connectivity index is 1.82. The zero-order chi connectivity index (χ0) is 16.1. The van der Waals surface area contributed by atoms with Crippen molar-refractivity contribution in [2.45, 2.75) is 12.6 Å². The van der Waals surface area contributed by atoms with Crippen LogP contribution in [-0.2, 0) is 11.3 Å². The molecule has 3 aromatic rings. The molecule has 3 rings (SSSR count). The number of hydrogen-bond donors (Lipinski definition) is 1. The van der Waals surface area contributed by atoms with Crippen LogP contribution in [0, 0.1) is 0 Å². The minimum Gasteiger partial charge on any atom is -0.377 e. The Morgan fingerprint density at radius 2 is 2.22 bits per heavy atom. The lowest BCUT2D eigenvalue weighted by Crippen LogP contribution is -2.29. The highest BCUT2D eigenvalue weighted by molar-refractivity contribution is 7.09. The Morgan fingerprint density at radius 1 is 1.39 bits per heavy atom. The molecule has 1 amide bonds. The van der Waals surface area contributed by atoms with Gasteiger partial charge >= 0.3 is 0 Å². The highest BCUT2D eigenvalue weighted by Gasteiger charge is 2.21. The van der Waals surface area contributed by atoms with Crippen LogP contribution in [0.15, 0.2) is 52.5 Å². The van der Waals surface area contributed by atoms with E-state index in [1.807, 2.05) is 35.7 Å². The number of carbonyl (C=O) groups excluding carboxylic acids is 1. The number of ether oxygens (including phenoxy) is 1. The van der Waals surface area contributed by atoms with Crippen LogP contribution < -0.4 is 5.32 Å². The van der Waals surface area contributed by atoms with Crippen molar-refractivity contribution in [3.05, 3.63) is 70.0 Å². The molecule has 7 heteroatoms. The molecule has 1 aromatic carbocycles. The van der Waals surface area contributed by atoms with Gasteiger partial charge in [-0.2, -0.15) is 0 Å². The van der Waals surface area contributed by atoms with Gasteiger partial charge in [0.15, 0.2) is 11.5 Å². The van der Waals surface area contributed by atoms with E-state index in [1.165, 1.54) is 11.3 Å². The molecule has 0 spiro atoms. The fourth-order valence-electron chi connectivity index (χ4n) is 2.15. The second-order valence-corrected chi connectivity index (χ2v) is 5.73. The highest BCUT2D eigenvalue weighted by atomic mass is 32.1. The average Bonchev–Trinajstić information content (AvgIpc) is 3.25. The summed E-state index contributed by atoms with van der Waals surface area (Å²) in [4.78, 5) is 16.8. The summed E-state index contributed by atoms with van der Waals surface area (Å²) in [6.45, 7) is 0.273. The molecule has 2 heterocycles. The molecule has 0 bridgehead atoms. The van der Waals surface area contributed by atoms with Crippen molar-refractivity contribution in [2.24, 2.45) is 0 Å². The van der Waals surface area contributed by atoms with Crippen LogP contribution in [0.5, 0.6) is 0 Å². The molecule has 0 saturated carbocycles. The minimum atomic E-state index is -0.328. The molecule has 1 N–H and O–H groups in total. The molecule has 118 valence electrons. The van der Waals surface area contributed by atoms with Crippen LogP contribution in [0.4, 0.5) is 0 Å². The van der Waals surface area contributed by atoms with Crippen LogP contribution >= 0.6 is 11.3 Å². The van der Waals surface area contributed by atoms with Crippen molar-refractivity contribution >= 4 is 17.2 Å². The van der Waals surface area contributed by atoms with Gasteiger partial charge in [-0.15, -0.1) is 11.3 Å². The van der Waals surface area contributed by atoms with Gasteiger partial charge in [-0.1, -0.05) is 35.5 Å². The minimum absolute atomic E-state index is 0.217. The number of aromatic nitrogens is 2. The topological polar surface area (TPSA) is 77.2 Å². The summed E-state index contributed by atoms with van der Waals surface area (Å²) >= 11 is 1.49. The first-order valence-electron chi connectivity index (χ1n) is 6.97. The second-order valence-electron chi connectivity index (χ2n) is 4.80.